The lowest BCUT2D eigenvalue weighted by molar-refractivity contribution is 0.0949. The van der Waals surface area contributed by atoms with Crippen LogP contribution in [0.25, 0.3) is 17.3 Å². The molecule has 4 aromatic rings. The van der Waals surface area contributed by atoms with E-state index < -0.39 is 0 Å². The monoisotopic (exact) mass is 408 g/mol. The second-order valence-corrected chi connectivity index (χ2v) is 6.78. The third-order valence-electron chi connectivity index (χ3n) is 4.21. The highest BCUT2D eigenvalue weighted by molar-refractivity contribution is 6.30. The van der Waals surface area contributed by atoms with Gasteiger partial charge in [-0.15, -0.1) is 0 Å². The largest absolute Gasteiger partial charge is 0.350 e. The number of amides is 1. The van der Waals surface area contributed by atoms with Crippen LogP contribution in [0.2, 0.25) is 5.02 Å². The molecule has 4 rings (SSSR count). The normalized spacial score (nSPS) is 10.8. The Balaban J connectivity index is 1.41. The molecule has 0 unspecified atom stereocenters. The van der Waals surface area contributed by atoms with Crippen LogP contribution in [-0.2, 0) is 6.42 Å². The summed E-state index contributed by atoms with van der Waals surface area (Å²) >= 11 is 5.88. The minimum Gasteiger partial charge on any atom is -0.350 e. The number of nitrogens with one attached hydrogen (secondary N) is 1. The molecule has 1 amide bonds. The molecule has 8 nitrogen and oxygen atoms in total. The first-order valence-electron chi connectivity index (χ1n) is 8.92. The first-order valence-corrected chi connectivity index (χ1v) is 9.30. The van der Waals surface area contributed by atoms with E-state index in [4.69, 9.17) is 16.1 Å². The summed E-state index contributed by atoms with van der Waals surface area (Å²) in [7, 11) is 0. The zero-order valence-electron chi connectivity index (χ0n) is 15.5. The van der Waals surface area contributed by atoms with Crippen molar-refractivity contribution in [3.05, 3.63) is 77.2 Å². The average molecular weight is 409 g/mol. The number of carbonyl (C=O) groups excluding carboxylic acids is 1. The van der Waals surface area contributed by atoms with E-state index in [0.29, 0.717) is 41.2 Å². The highest BCUT2D eigenvalue weighted by Crippen LogP contribution is 2.19. The number of aryl methyl sites for hydroxylation is 1. The van der Waals surface area contributed by atoms with Gasteiger partial charge >= 0.3 is 0 Å². The summed E-state index contributed by atoms with van der Waals surface area (Å²) in [6.45, 7) is 2.25. The number of imidazole rings is 1. The molecule has 146 valence electrons. The van der Waals surface area contributed by atoms with Gasteiger partial charge in [-0.2, -0.15) is 4.98 Å². The van der Waals surface area contributed by atoms with Crippen LogP contribution < -0.4 is 5.32 Å². The molecule has 3 heterocycles. The van der Waals surface area contributed by atoms with Crippen LogP contribution in [0.3, 0.4) is 0 Å². The van der Waals surface area contributed by atoms with Crippen molar-refractivity contribution < 1.29 is 9.32 Å². The van der Waals surface area contributed by atoms with Gasteiger partial charge in [-0.05, 0) is 43.2 Å². The molecule has 0 fully saturated rings. The van der Waals surface area contributed by atoms with E-state index in [-0.39, 0.29) is 5.91 Å². The molecule has 3 aromatic heterocycles. The Morgan fingerprint density at radius 1 is 1.21 bits per heavy atom. The van der Waals surface area contributed by atoms with Gasteiger partial charge in [-0.3, -0.25) is 9.36 Å². The number of rotatable bonds is 6. The van der Waals surface area contributed by atoms with Gasteiger partial charge in [0.15, 0.2) is 5.82 Å². The Kier molecular flexibility index (Phi) is 5.35. The third-order valence-corrected chi connectivity index (χ3v) is 4.46. The van der Waals surface area contributed by atoms with Crippen LogP contribution in [0.4, 0.5) is 0 Å². The molecule has 0 spiro atoms. The van der Waals surface area contributed by atoms with E-state index in [1.165, 1.54) is 0 Å². The van der Waals surface area contributed by atoms with Crippen LogP contribution in [0, 0.1) is 6.92 Å². The SMILES string of the molecule is Cc1noc(-c2ccnc(-n3cnc(C(=O)NCCc4ccc(Cl)cc4)c3)c2)n1. The van der Waals surface area contributed by atoms with Crippen LogP contribution in [0.5, 0.6) is 0 Å². The van der Waals surface area contributed by atoms with Crippen molar-refractivity contribution in [1.29, 1.82) is 0 Å². The highest BCUT2D eigenvalue weighted by atomic mass is 35.5. The topological polar surface area (TPSA) is 98.7 Å². The van der Waals surface area contributed by atoms with E-state index in [2.05, 4.69) is 25.4 Å². The molecule has 1 N–H and O–H groups in total. The van der Waals surface area contributed by atoms with Crippen molar-refractivity contribution in [3.8, 4) is 17.3 Å². The van der Waals surface area contributed by atoms with Gasteiger partial charge in [0, 0.05) is 29.5 Å². The predicted molar refractivity (Wildman–Crippen MR) is 107 cm³/mol. The second kappa shape index (κ2) is 8.24. The number of nitrogens with zero attached hydrogens (tertiary/aromatic N) is 5. The number of hydrogen-bond acceptors (Lipinski definition) is 6. The van der Waals surface area contributed by atoms with Gasteiger partial charge < -0.3 is 9.84 Å². The lowest BCUT2D eigenvalue weighted by atomic mass is 10.1. The minimum atomic E-state index is -0.249. The van der Waals surface area contributed by atoms with Crippen molar-refractivity contribution in [2.45, 2.75) is 13.3 Å². The van der Waals surface area contributed by atoms with Crippen LogP contribution in [0.1, 0.15) is 21.9 Å². The van der Waals surface area contributed by atoms with Crippen molar-refractivity contribution in [2.24, 2.45) is 0 Å². The van der Waals surface area contributed by atoms with E-state index in [1.807, 2.05) is 24.3 Å². The van der Waals surface area contributed by atoms with Gasteiger partial charge in [0.05, 0.1) is 0 Å². The maximum Gasteiger partial charge on any atom is 0.271 e. The summed E-state index contributed by atoms with van der Waals surface area (Å²) < 4.78 is 6.85. The highest BCUT2D eigenvalue weighted by Gasteiger charge is 2.12. The zero-order chi connectivity index (χ0) is 20.2. The van der Waals surface area contributed by atoms with Crippen molar-refractivity contribution in [3.63, 3.8) is 0 Å². The Morgan fingerprint density at radius 2 is 2.03 bits per heavy atom. The molecule has 0 aliphatic heterocycles. The molecule has 0 aliphatic carbocycles. The molecule has 29 heavy (non-hydrogen) atoms. The van der Waals surface area contributed by atoms with Crippen molar-refractivity contribution >= 4 is 17.5 Å². The van der Waals surface area contributed by atoms with Gasteiger partial charge in [-0.1, -0.05) is 28.9 Å². The van der Waals surface area contributed by atoms with E-state index >= 15 is 0 Å². The summed E-state index contributed by atoms with van der Waals surface area (Å²) in [5.74, 6) is 1.30. The zero-order valence-corrected chi connectivity index (χ0v) is 16.3. The number of aromatic nitrogens is 5. The van der Waals surface area contributed by atoms with Gasteiger partial charge in [0.1, 0.15) is 17.8 Å². The molecular weight excluding hydrogens is 392 g/mol. The number of pyridine rings is 1. The number of carbonyl (C=O) groups is 1. The molecule has 0 bridgehead atoms. The van der Waals surface area contributed by atoms with Crippen LogP contribution >= 0.6 is 11.6 Å². The van der Waals surface area contributed by atoms with Crippen LogP contribution in [0.15, 0.2) is 59.6 Å². The first kappa shape index (κ1) is 18.8. The van der Waals surface area contributed by atoms with Crippen molar-refractivity contribution in [1.82, 2.24) is 30.0 Å². The number of benzene rings is 1. The Hall–Kier alpha value is -3.52. The van der Waals surface area contributed by atoms with Gasteiger partial charge in [-0.25, -0.2) is 9.97 Å². The molecule has 9 heteroatoms. The molecule has 1 aromatic carbocycles. The first-order chi connectivity index (χ1) is 14.1. The lowest BCUT2D eigenvalue weighted by Gasteiger charge is -2.04. The number of hydrogen-bond donors (Lipinski definition) is 1. The van der Waals surface area contributed by atoms with E-state index in [1.54, 1.807) is 42.3 Å². The Labute approximate surface area is 171 Å². The molecule has 0 atom stereocenters. The molecule has 0 saturated heterocycles. The summed E-state index contributed by atoms with van der Waals surface area (Å²) in [6.07, 6.45) is 5.51. The summed E-state index contributed by atoms with van der Waals surface area (Å²) in [4.78, 5) is 25.1. The molecule has 0 radical (unpaired) electrons. The standard InChI is InChI=1S/C20H17ClN6O2/c1-13-25-20(29-26-13)15-7-9-22-18(10-15)27-11-17(24-12-27)19(28)23-8-6-14-2-4-16(21)5-3-14/h2-5,7,9-12H,6,8H2,1H3,(H,23,28). The van der Waals surface area contributed by atoms with Gasteiger partial charge in [0.25, 0.3) is 11.8 Å². The smallest absolute Gasteiger partial charge is 0.271 e. The fourth-order valence-corrected chi connectivity index (χ4v) is 2.86. The lowest BCUT2D eigenvalue weighted by Crippen LogP contribution is -2.26. The Bertz CT molecular complexity index is 1140. The summed E-state index contributed by atoms with van der Waals surface area (Å²) in [5.41, 5.74) is 2.14. The molecule has 0 saturated carbocycles. The fourth-order valence-electron chi connectivity index (χ4n) is 2.73. The molecule has 0 aliphatic rings. The minimum absolute atomic E-state index is 0.249. The summed E-state index contributed by atoms with van der Waals surface area (Å²) in [5, 5.41) is 7.35. The van der Waals surface area contributed by atoms with Gasteiger partial charge in [0.2, 0.25) is 0 Å². The van der Waals surface area contributed by atoms with E-state index in [9.17, 15) is 4.79 Å². The van der Waals surface area contributed by atoms with E-state index in [0.717, 1.165) is 11.1 Å². The second-order valence-electron chi connectivity index (χ2n) is 6.35. The fraction of sp³-hybridized carbons (Fsp3) is 0.150. The Morgan fingerprint density at radius 3 is 2.79 bits per heavy atom. The average Bonchev–Trinajstić information content (AvgIpc) is 3.39. The van der Waals surface area contributed by atoms with Crippen molar-refractivity contribution in [2.75, 3.05) is 6.54 Å². The summed E-state index contributed by atoms with van der Waals surface area (Å²) in [6, 6.07) is 11.1. The maximum absolute atomic E-state index is 12.4. The third kappa shape index (κ3) is 4.49. The van der Waals surface area contributed by atoms with Crippen LogP contribution in [-0.4, -0.2) is 37.1 Å². The maximum atomic E-state index is 12.4. The quantitative estimate of drug-likeness (QED) is 0.525. The molecular formula is C20H17ClN6O2. The predicted octanol–water partition coefficient (Wildman–Crippen LogP) is 3.25. The number of halogens is 1.